The van der Waals surface area contributed by atoms with E-state index in [0.717, 1.165) is 58.2 Å². The normalized spacial score (nSPS) is 11.7. The van der Waals surface area contributed by atoms with Gasteiger partial charge in [-0.3, -0.25) is 9.59 Å². The number of aldehydes is 1. The Balaban J connectivity index is 0.00000353. The maximum atomic E-state index is 13.4. The first kappa shape index (κ1) is 27.7. The summed E-state index contributed by atoms with van der Waals surface area (Å²) in [7, 11) is 2.01. The van der Waals surface area contributed by atoms with Crippen LogP contribution in [0.1, 0.15) is 63.9 Å². The summed E-state index contributed by atoms with van der Waals surface area (Å²) in [5, 5.41) is 0. The van der Waals surface area contributed by atoms with Crippen molar-refractivity contribution in [1.82, 2.24) is 9.55 Å². The zero-order valence-corrected chi connectivity index (χ0v) is 22.6. The number of imidazole rings is 1. The van der Waals surface area contributed by atoms with Crippen molar-refractivity contribution in [1.29, 1.82) is 0 Å². The Bertz CT molecular complexity index is 1620. The van der Waals surface area contributed by atoms with Crippen LogP contribution in [0.5, 0.6) is 0 Å². The van der Waals surface area contributed by atoms with Crippen molar-refractivity contribution in [3.05, 3.63) is 113 Å². The highest BCUT2D eigenvalue weighted by Crippen LogP contribution is 2.37. The maximum Gasteiger partial charge on any atom is 0.163 e. The van der Waals surface area contributed by atoms with Gasteiger partial charge in [-0.2, -0.15) is 0 Å². The average molecular weight is 519 g/mol. The van der Waals surface area contributed by atoms with Crippen LogP contribution in [0.3, 0.4) is 0 Å². The molecule has 0 aliphatic carbocycles. The van der Waals surface area contributed by atoms with E-state index in [-0.39, 0.29) is 17.2 Å². The Morgan fingerprint density at radius 3 is 2.38 bits per heavy atom. The fourth-order valence-corrected chi connectivity index (χ4v) is 5.46. The Kier molecular flexibility index (Phi) is 8.52. The number of fused-ring (bicyclic) bond motifs is 1. The standard InChI is InChI=1S/C34H32N2O2.H2O/c1-4-11-25(24-13-6-5-7-14-24)21-32(38)26-18-19-28(27(20-26)22-37)33-23(2)12-10-15-29(33)34-35-30-16-8-9-17-31(30)36(34)3;/h5-10,12-20,22,25H,4,11,21H2,1-3H3;1H2/t25-;/m0./s1. The van der Waals surface area contributed by atoms with Gasteiger partial charge in [-0.05, 0) is 59.7 Å². The summed E-state index contributed by atoms with van der Waals surface area (Å²) in [6.07, 6.45) is 3.23. The summed E-state index contributed by atoms with van der Waals surface area (Å²) in [6, 6.07) is 29.9. The lowest BCUT2D eigenvalue weighted by molar-refractivity contribution is 0.0972. The second kappa shape index (κ2) is 12.0. The van der Waals surface area contributed by atoms with Crippen LogP contribution in [0.2, 0.25) is 0 Å². The van der Waals surface area contributed by atoms with E-state index in [2.05, 4.69) is 29.7 Å². The van der Waals surface area contributed by atoms with Crippen molar-refractivity contribution in [3.63, 3.8) is 0 Å². The second-order valence-corrected chi connectivity index (χ2v) is 9.92. The first-order valence-corrected chi connectivity index (χ1v) is 13.2. The molecular formula is C34H34N2O3. The summed E-state index contributed by atoms with van der Waals surface area (Å²) >= 11 is 0. The summed E-state index contributed by atoms with van der Waals surface area (Å²) in [4.78, 5) is 30.7. The van der Waals surface area contributed by atoms with Gasteiger partial charge >= 0.3 is 0 Å². The zero-order valence-electron chi connectivity index (χ0n) is 22.6. The van der Waals surface area contributed by atoms with Crippen LogP contribution < -0.4 is 0 Å². The zero-order chi connectivity index (χ0) is 26.6. The molecule has 1 aromatic heterocycles. The van der Waals surface area contributed by atoms with E-state index in [1.54, 1.807) is 6.07 Å². The Hall–Kier alpha value is -4.35. The van der Waals surface area contributed by atoms with Gasteiger partial charge in [-0.15, -0.1) is 0 Å². The first-order chi connectivity index (χ1) is 18.5. The highest BCUT2D eigenvalue weighted by atomic mass is 16.1. The SMILES string of the molecule is CCC[C@@H](CC(=O)c1ccc(-c2c(C)cccc2-c2nc3ccccc3n2C)c(C=O)c1)c1ccccc1.O. The molecule has 0 amide bonds. The number of aryl methyl sites for hydroxylation is 2. The molecule has 0 fully saturated rings. The smallest absolute Gasteiger partial charge is 0.163 e. The van der Waals surface area contributed by atoms with Gasteiger partial charge in [0.15, 0.2) is 12.1 Å². The van der Waals surface area contributed by atoms with E-state index in [1.807, 2.05) is 80.7 Å². The molecule has 0 bridgehead atoms. The fraction of sp³-hybridized carbons (Fsp3) is 0.206. The third-order valence-corrected chi connectivity index (χ3v) is 7.41. The number of aromatic nitrogens is 2. The van der Waals surface area contributed by atoms with Gasteiger partial charge in [-0.25, -0.2) is 4.98 Å². The summed E-state index contributed by atoms with van der Waals surface area (Å²) in [5.41, 5.74) is 8.01. The molecule has 0 aliphatic rings. The van der Waals surface area contributed by atoms with Crippen LogP contribution in [0.4, 0.5) is 0 Å². The molecule has 39 heavy (non-hydrogen) atoms. The van der Waals surface area contributed by atoms with Gasteiger partial charge in [0.05, 0.1) is 11.0 Å². The molecule has 1 atom stereocenters. The van der Waals surface area contributed by atoms with E-state index in [1.165, 1.54) is 5.56 Å². The number of rotatable bonds is 9. The number of benzene rings is 4. The number of nitrogens with zero attached hydrogens (tertiary/aromatic N) is 2. The van der Waals surface area contributed by atoms with Crippen molar-refractivity contribution in [2.45, 2.75) is 39.0 Å². The van der Waals surface area contributed by atoms with Crippen molar-refractivity contribution < 1.29 is 15.1 Å². The van der Waals surface area contributed by atoms with Crippen LogP contribution in [-0.4, -0.2) is 27.1 Å². The van der Waals surface area contributed by atoms with Crippen LogP contribution in [0.25, 0.3) is 33.5 Å². The van der Waals surface area contributed by atoms with Gasteiger partial charge in [-0.1, -0.05) is 86.1 Å². The second-order valence-electron chi connectivity index (χ2n) is 9.92. The number of para-hydroxylation sites is 2. The number of carbonyl (C=O) groups is 2. The first-order valence-electron chi connectivity index (χ1n) is 13.2. The van der Waals surface area contributed by atoms with Crippen molar-refractivity contribution in [2.24, 2.45) is 7.05 Å². The molecule has 5 aromatic rings. The highest BCUT2D eigenvalue weighted by molar-refractivity contribution is 6.01. The van der Waals surface area contributed by atoms with E-state index in [9.17, 15) is 9.59 Å². The van der Waals surface area contributed by atoms with Gasteiger partial charge in [0.2, 0.25) is 0 Å². The molecule has 5 heteroatoms. The van der Waals surface area contributed by atoms with Crippen LogP contribution in [0, 0.1) is 6.92 Å². The van der Waals surface area contributed by atoms with Crippen LogP contribution in [-0.2, 0) is 7.05 Å². The highest BCUT2D eigenvalue weighted by Gasteiger charge is 2.21. The van der Waals surface area contributed by atoms with Gasteiger partial charge < -0.3 is 10.0 Å². The van der Waals surface area contributed by atoms with Crippen molar-refractivity contribution in [2.75, 3.05) is 0 Å². The van der Waals surface area contributed by atoms with E-state index >= 15 is 0 Å². The molecule has 0 aliphatic heterocycles. The molecule has 0 saturated heterocycles. The molecule has 0 saturated carbocycles. The predicted molar refractivity (Wildman–Crippen MR) is 158 cm³/mol. The number of Topliss-reactive ketones (excluding diaryl/α,β-unsaturated/α-hetero) is 1. The minimum Gasteiger partial charge on any atom is -0.412 e. The Morgan fingerprint density at radius 1 is 0.923 bits per heavy atom. The van der Waals surface area contributed by atoms with Crippen molar-refractivity contribution >= 4 is 23.1 Å². The topological polar surface area (TPSA) is 83.5 Å². The average Bonchev–Trinajstić information content (AvgIpc) is 3.29. The Labute approximate surface area is 229 Å². The lowest BCUT2D eigenvalue weighted by atomic mass is 9.86. The summed E-state index contributed by atoms with van der Waals surface area (Å²) in [5.74, 6) is 1.06. The molecule has 0 spiro atoms. The maximum absolute atomic E-state index is 13.4. The van der Waals surface area contributed by atoms with Crippen LogP contribution >= 0.6 is 0 Å². The van der Waals surface area contributed by atoms with Gasteiger partial charge in [0.25, 0.3) is 0 Å². The van der Waals surface area contributed by atoms with E-state index in [4.69, 9.17) is 4.98 Å². The minimum atomic E-state index is 0. The van der Waals surface area contributed by atoms with Crippen LogP contribution in [0.15, 0.2) is 91.0 Å². The third kappa shape index (κ3) is 5.45. The molecular weight excluding hydrogens is 484 g/mol. The molecule has 2 N–H and O–H groups in total. The molecule has 1 heterocycles. The summed E-state index contributed by atoms with van der Waals surface area (Å²) < 4.78 is 2.09. The van der Waals surface area contributed by atoms with Gasteiger partial charge in [0.1, 0.15) is 5.82 Å². The number of ketones is 1. The number of hydrogen-bond acceptors (Lipinski definition) is 3. The molecule has 0 radical (unpaired) electrons. The Morgan fingerprint density at radius 2 is 1.67 bits per heavy atom. The van der Waals surface area contributed by atoms with E-state index < -0.39 is 0 Å². The lowest BCUT2D eigenvalue weighted by Gasteiger charge is -2.17. The largest absolute Gasteiger partial charge is 0.412 e. The molecule has 5 rings (SSSR count). The molecule has 4 aromatic carbocycles. The van der Waals surface area contributed by atoms with Crippen molar-refractivity contribution in [3.8, 4) is 22.5 Å². The third-order valence-electron chi connectivity index (χ3n) is 7.41. The number of hydrogen-bond donors (Lipinski definition) is 0. The fourth-order valence-electron chi connectivity index (χ4n) is 5.46. The predicted octanol–water partition coefficient (Wildman–Crippen LogP) is 7.36. The molecule has 198 valence electrons. The lowest BCUT2D eigenvalue weighted by Crippen LogP contribution is -2.09. The van der Waals surface area contributed by atoms with Gasteiger partial charge in [0, 0.05) is 30.2 Å². The number of carbonyl (C=O) groups excluding carboxylic acids is 2. The molecule has 0 unspecified atom stereocenters. The monoisotopic (exact) mass is 518 g/mol. The van der Waals surface area contributed by atoms with E-state index in [0.29, 0.717) is 17.5 Å². The quantitative estimate of drug-likeness (QED) is 0.151. The summed E-state index contributed by atoms with van der Waals surface area (Å²) in [6.45, 7) is 4.19. The minimum absolute atomic E-state index is 0. The molecule has 5 nitrogen and oxygen atoms in total.